The van der Waals surface area contributed by atoms with Crippen LogP contribution in [0.1, 0.15) is 34.1 Å². The molecular formula is C12H26N2. The standard InChI is InChI=1S/C12H26N2/c1-5-13-12(10(2)3)9-14-7-6-11(4)8-14/h10-13H,5-9H2,1-4H3. The van der Waals surface area contributed by atoms with Crippen molar-refractivity contribution in [1.29, 1.82) is 0 Å². The van der Waals surface area contributed by atoms with Crippen LogP contribution in [0.3, 0.4) is 0 Å². The molecule has 2 nitrogen and oxygen atoms in total. The molecule has 0 bridgehead atoms. The smallest absolute Gasteiger partial charge is 0.0217 e. The highest BCUT2D eigenvalue weighted by molar-refractivity contribution is 4.79. The van der Waals surface area contributed by atoms with E-state index in [1.54, 1.807) is 0 Å². The van der Waals surface area contributed by atoms with Crippen molar-refractivity contribution in [2.45, 2.75) is 40.2 Å². The fraction of sp³-hybridized carbons (Fsp3) is 1.00. The van der Waals surface area contributed by atoms with Gasteiger partial charge in [0.15, 0.2) is 0 Å². The number of nitrogens with one attached hydrogen (secondary N) is 1. The Morgan fingerprint density at radius 3 is 2.57 bits per heavy atom. The van der Waals surface area contributed by atoms with E-state index in [0.29, 0.717) is 6.04 Å². The first-order chi connectivity index (χ1) is 6.63. The van der Waals surface area contributed by atoms with Crippen molar-refractivity contribution in [3.05, 3.63) is 0 Å². The second kappa shape index (κ2) is 5.72. The SMILES string of the molecule is CCNC(CN1CCC(C)C1)C(C)C. The highest BCUT2D eigenvalue weighted by Crippen LogP contribution is 2.16. The molecule has 0 aromatic heterocycles. The predicted octanol–water partition coefficient (Wildman–Crippen LogP) is 1.96. The maximum absolute atomic E-state index is 3.58. The molecule has 2 heteroatoms. The van der Waals surface area contributed by atoms with Gasteiger partial charge < -0.3 is 10.2 Å². The minimum Gasteiger partial charge on any atom is -0.313 e. The van der Waals surface area contributed by atoms with Gasteiger partial charge in [-0.05, 0) is 31.3 Å². The van der Waals surface area contributed by atoms with Gasteiger partial charge in [0.25, 0.3) is 0 Å². The third kappa shape index (κ3) is 3.58. The van der Waals surface area contributed by atoms with E-state index in [2.05, 4.69) is 37.9 Å². The van der Waals surface area contributed by atoms with Gasteiger partial charge in [-0.15, -0.1) is 0 Å². The lowest BCUT2D eigenvalue weighted by atomic mass is 10.0. The van der Waals surface area contributed by atoms with E-state index < -0.39 is 0 Å². The Labute approximate surface area is 89.1 Å². The van der Waals surface area contributed by atoms with Crippen molar-refractivity contribution >= 4 is 0 Å². The van der Waals surface area contributed by atoms with Crippen molar-refractivity contribution in [1.82, 2.24) is 10.2 Å². The third-order valence-electron chi connectivity index (χ3n) is 3.23. The number of nitrogens with zero attached hydrogens (tertiary/aromatic N) is 1. The van der Waals surface area contributed by atoms with E-state index in [1.807, 2.05) is 0 Å². The summed E-state index contributed by atoms with van der Waals surface area (Å²) in [5, 5.41) is 3.58. The largest absolute Gasteiger partial charge is 0.313 e. The fourth-order valence-electron chi connectivity index (χ4n) is 2.24. The van der Waals surface area contributed by atoms with Gasteiger partial charge in [-0.1, -0.05) is 27.7 Å². The van der Waals surface area contributed by atoms with E-state index in [0.717, 1.165) is 18.4 Å². The van der Waals surface area contributed by atoms with Crippen LogP contribution in [-0.4, -0.2) is 37.1 Å². The predicted molar refractivity (Wildman–Crippen MR) is 62.5 cm³/mol. The summed E-state index contributed by atoms with van der Waals surface area (Å²) in [5.41, 5.74) is 0. The molecule has 0 saturated carbocycles. The minimum absolute atomic E-state index is 0.672. The van der Waals surface area contributed by atoms with Crippen LogP contribution in [0.15, 0.2) is 0 Å². The summed E-state index contributed by atoms with van der Waals surface area (Å²) in [6, 6.07) is 0.672. The van der Waals surface area contributed by atoms with E-state index in [-0.39, 0.29) is 0 Å². The lowest BCUT2D eigenvalue weighted by Gasteiger charge is -2.27. The summed E-state index contributed by atoms with van der Waals surface area (Å²) in [6.07, 6.45) is 1.39. The normalized spacial score (nSPS) is 25.9. The summed E-state index contributed by atoms with van der Waals surface area (Å²) >= 11 is 0. The second-order valence-electron chi connectivity index (χ2n) is 5.06. The molecular weight excluding hydrogens is 172 g/mol. The van der Waals surface area contributed by atoms with Crippen LogP contribution in [0, 0.1) is 11.8 Å². The van der Waals surface area contributed by atoms with E-state index in [1.165, 1.54) is 26.1 Å². The first-order valence-electron chi connectivity index (χ1n) is 6.09. The van der Waals surface area contributed by atoms with E-state index >= 15 is 0 Å². The molecule has 0 aliphatic carbocycles. The van der Waals surface area contributed by atoms with E-state index in [4.69, 9.17) is 0 Å². The topological polar surface area (TPSA) is 15.3 Å². The van der Waals surface area contributed by atoms with Crippen LogP contribution in [0.5, 0.6) is 0 Å². The zero-order chi connectivity index (χ0) is 10.6. The van der Waals surface area contributed by atoms with Crippen LogP contribution >= 0.6 is 0 Å². The van der Waals surface area contributed by atoms with Crippen molar-refractivity contribution in [3.63, 3.8) is 0 Å². The Morgan fingerprint density at radius 1 is 1.43 bits per heavy atom. The van der Waals surface area contributed by atoms with Gasteiger partial charge in [0.1, 0.15) is 0 Å². The molecule has 0 aromatic rings. The molecule has 1 aliphatic rings. The molecule has 0 radical (unpaired) electrons. The Balaban J connectivity index is 2.31. The van der Waals surface area contributed by atoms with Crippen LogP contribution in [0.25, 0.3) is 0 Å². The molecule has 0 amide bonds. The Morgan fingerprint density at radius 2 is 2.14 bits per heavy atom. The molecule has 14 heavy (non-hydrogen) atoms. The Hall–Kier alpha value is -0.0800. The van der Waals surface area contributed by atoms with Gasteiger partial charge in [0.2, 0.25) is 0 Å². The number of likely N-dealkylation sites (tertiary alicyclic amines) is 1. The number of likely N-dealkylation sites (N-methyl/N-ethyl adjacent to an activating group) is 1. The van der Waals surface area contributed by atoms with Gasteiger partial charge in [0, 0.05) is 19.1 Å². The number of hydrogen-bond donors (Lipinski definition) is 1. The molecule has 0 spiro atoms. The lowest BCUT2D eigenvalue weighted by molar-refractivity contribution is 0.252. The first kappa shape index (κ1) is 12.0. The minimum atomic E-state index is 0.672. The van der Waals surface area contributed by atoms with Gasteiger partial charge in [-0.2, -0.15) is 0 Å². The van der Waals surface area contributed by atoms with Gasteiger partial charge in [-0.3, -0.25) is 0 Å². The molecule has 1 heterocycles. The zero-order valence-corrected chi connectivity index (χ0v) is 10.2. The van der Waals surface area contributed by atoms with Crippen LogP contribution < -0.4 is 5.32 Å². The van der Waals surface area contributed by atoms with Gasteiger partial charge in [-0.25, -0.2) is 0 Å². The van der Waals surface area contributed by atoms with Crippen molar-refractivity contribution < 1.29 is 0 Å². The maximum Gasteiger partial charge on any atom is 0.0217 e. The maximum atomic E-state index is 3.58. The summed E-state index contributed by atoms with van der Waals surface area (Å²) < 4.78 is 0. The zero-order valence-electron chi connectivity index (χ0n) is 10.2. The summed E-state index contributed by atoms with van der Waals surface area (Å²) in [7, 11) is 0. The molecule has 1 aliphatic heterocycles. The average Bonchev–Trinajstić information content (AvgIpc) is 2.50. The quantitative estimate of drug-likeness (QED) is 0.726. The Bertz CT molecular complexity index is 156. The highest BCUT2D eigenvalue weighted by Gasteiger charge is 2.22. The average molecular weight is 198 g/mol. The van der Waals surface area contributed by atoms with Crippen LogP contribution in [0.4, 0.5) is 0 Å². The number of rotatable bonds is 5. The fourth-order valence-corrected chi connectivity index (χ4v) is 2.24. The molecule has 1 rings (SSSR count). The molecule has 2 unspecified atom stereocenters. The summed E-state index contributed by atoms with van der Waals surface area (Å²) in [5.74, 6) is 1.65. The second-order valence-corrected chi connectivity index (χ2v) is 5.06. The van der Waals surface area contributed by atoms with Crippen molar-refractivity contribution in [3.8, 4) is 0 Å². The van der Waals surface area contributed by atoms with Crippen molar-refractivity contribution in [2.75, 3.05) is 26.2 Å². The third-order valence-corrected chi connectivity index (χ3v) is 3.23. The monoisotopic (exact) mass is 198 g/mol. The highest BCUT2D eigenvalue weighted by atomic mass is 15.2. The molecule has 0 aromatic carbocycles. The Kier molecular flexibility index (Phi) is 4.90. The molecule has 1 fully saturated rings. The summed E-state index contributed by atoms with van der Waals surface area (Å²) in [6.45, 7) is 14.1. The molecule has 1 N–H and O–H groups in total. The summed E-state index contributed by atoms with van der Waals surface area (Å²) in [4.78, 5) is 2.61. The molecule has 2 atom stereocenters. The van der Waals surface area contributed by atoms with E-state index in [9.17, 15) is 0 Å². The first-order valence-corrected chi connectivity index (χ1v) is 6.09. The molecule has 1 saturated heterocycles. The van der Waals surface area contributed by atoms with Crippen LogP contribution in [0.2, 0.25) is 0 Å². The lowest BCUT2D eigenvalue weighted by Crippen LogP contribution is -2.43. The van der Waals surface area contributed by atoms with Crippen molar-refractivity contribution in [2.24, 2.45) is 11.8 Å². The van der Waals surface area contributed by atoms with Gasteiger partial charge >= 0.3 is 0 Å². The molecule has 84 valence electrons. The number of hydrogen-bond acceptors (Lipinski definition) is 2. The van der Waals surface area contributed by atoms with Crippen LogP contribution in [-0.2, 0) is 0 Å². The van der Waals surface area contributed by atoms with Gasteiger partial charge in [0.05, 0.1) is 0 Å².